The van der Waals surface area contributed by atoms with E-state index in [0.29, 0.717) is 11.1 Å². The number of hydrogen-bond donors (Lipinski definition) is 0. The lowest BCUT2D eigenvalue weighted by molar-refractivity contribution is 0.0600. The van der Waals surface area contributed by atoms with E-state index in [1.165, 1.54) is 25.3 Å². The monoisotopic (exact) mass is 160 g/mol. The van der Waals surface area contributed by atoms with Gasteiger partial charge in [-0.3, -0.25) is 0 Å². The average Bonchev–Trinajstić information content (AvgIpc) is 2.17. The predicted molar refractivity (Wildman–Crippen MR) is 41.3 cm³/mol. The van der Waals surface area contributed by atoms with Crippen molar-refractivity contribution in [1.82, 2.24) is 0 Å². The number of nitrogens with zero attached hydrogens (tertiary/aromatic N) is 1. The zero-order valence-electron chi connectivity index (χ0n) is 6.50. The smallest absolute Gasteiger partial charge is 0.337 e. The highest BCUT2D eigenvalue weighted by atomic mass is 16.5. The summed E-state index contributed by atoms with van der Waals surface area (Å²) < 4.78 is 4.47. The minimum atomic E-state index is -0.455. The third-order valence-electron chi connectivity index (χ3n) is 1.34. The van der Waals surface area contributed by atoms with Crippen LogP contribution in [0.4, 0.5) is 0 Å². The molecule has 0 spiro atoms. The van der Waals surface area contributed by atoms with Gasteiger partial charge in [-0.1, -0.05) is 0 Å². The third kappa shape index (κ3) is 1.61. The first-order chi connectivity index (χ1) is 5.77. The third-order valence-corrected chi connectivity index (χ3v) is 1.34. The van der Waals surface area contributed by atoms with E-state index < -0.39 is 5.97 Å². The summed E-state index contributed by atoms with van der Waals surface area (Å²) in [6.07, 6.45) is 0. The fraction of sp³-hybridized carbons (Fsp3) is 0.111. The highest BCUT2D eigenvalue weighted by Crippen LogP contribution is 2.04. The second-order valence-electron chi connectivity index (χ2n) is 2.11. The minimum Gasteiger partial charge on any atom is -0.465 e. The minimum absolute atomic E-state index is 0.344. The fourth-order valence-electron chi connectivity index (χ4n) is 0.772. The first-order valence-electron chi connectivity index (χ1n) is 3.27. The Morgan fingerprint density at radius 3 is 3.00 bits per heavy atom. The maximum absolute atomic E-state index is 10.9. The highest BCUT2D eigenvalue weighted by Gasteiger charge is 2.04. The van der Waals surface area contributed by atoms with E-state index in [1.54, 1.807) is 0 Å². The Morgan fingerprint density at radius 1 is 1.67 bits per heavy atom. The van der Waals surface area contributed by atoms with Gasteiger partial charge in [0.15, 0.2) is 0 Å². The molecule has 0 bridgehead atoms. The predicted octanol–water partition coefficient (Wildman–Crippen LogP) is 1.15. The number of methoxy groups -OCH3 is 1. The number of rotatable bonds is 1. The largest absolute Gasteiger partial charge is 0.465 e. The van der Waals surface area contributed by atoms with Crippen molar-refractivity contribution in [3.63, 3.8) is 0 Å². The summed E-state index contributed by atoms with van der Waals surface area (Å²) in [7, 11) is 1.29. The van der Waals surface area contributed by atoms with Gasteiger partial charge >= 0.3 is 5.97 Å². The van der Waals surface area contributed by atoms with E-state index in [9.17, 15) is 4.79 Å². The summed E-state index contributed by atoms with van der Waals surface area (Å²) in [5, 5.41) is 8.49. The summed E-state index contributed by atoms with van der Waals surface area (Å²) in [4.78, 5) is 10.9. The van der Waals surface area contributed by atoms with Crippen molar-refractivity contribution in [3.8, 4) is 6.07 Å². The van der Waals surface area contributed by atoms with Gasteiger partial charge in [-0.05, 0) is 24.3 Å². The van der Waals surface area contributed by atoms with Gasteiger partial charge < -0.3 is 4.74 Å². The van der Waals surface area contributed by atoms with Crippen LogP contribution in [0.5, 0.6) is 0 Å². The average molecular weight is 160 g/mol. The normalized spacial score (nSPS) is 8.67. The van der Waals surface area contributed by atoms with Crippen LogP contribution in [0.25, 0.3) is 0 Å². The molecule has 0 aromatic heterocycles. The molecule has 0 aliphatic carbocycles. The van der Waals surface area contributed by atoms with Gasteiger partial charge in [0.2, 0.25) is 0 Å². The number of benzene rings is 1. The van der Waals surface area contributed by atoms with Crippen molar-refractivity contribution in [2.24, 2.45) is 0 Å². The van der Waals surface area contributed by atoms with Gasteiger partial charge in [-0.15, -0.1) is 0 Å². The molecule has 12 heavy (non-hydrogen) atoms. The van der Waals surface area contributed by atoms with Gasteiger partial charge in [0, 0.05) is 0 Å². The number of esters is 1. The summed E-state index contributed by atoms with van der Waals surface area (Å²) >= 11 is 0. The molecule has 0 heterocycles. The Labute approximate surface area is 70.2 Å². The quantitative estimate of drug-likeness (QED) is 0.579. The van der Waals surface area contributed by atoms with Crippen LogP contribution >= 0.6 is 0 Å². The van der Waals surface area contributed by atoms with Crippen LogP contribution in [0.1, 0.15) is 15.9 Å². The second-order valence-corrected chi connectivity index (χ2v) is 2.11. The number of nitriles is 1. The molecule has 0 fully saturated rings. The topological polar surface area (TPSA) is 50.1 Å². The first-order valence-corrected chi connectivity index (χ1v) is 3.27. The van der Waals surface area contributed by atoms with E-state index in [-0.39, 0.29) is 0 Å². The lowest BCUT2D eigenvalue weighted by Gasteiger charge is -1.97. The van der Waals surface area contributed by atoms with Crippen molar-refractivity contribution >= 4 is 5.97 Å². The van der Waals surface area contributed by atoms with E-state index in [4.69, 9.17) is 5.26 Å². The number of carbonyl (C=O) groups is 1. The first kappa shape index (κ1) is 8.28. The fourth-order valence-corrected chi connectivity index (χ4v) is 0.772. The van der Waals surface area contributed by atoms with Crippen molar-refractivity contribution in [2.45, 2.75) is 0 Å². The zero-order valence-corrected chi connectivity index (χ0v) is 6.50. The molecule has 0 amide bonds. The van der Waals surface area contributed by atoms with Crippen LogP contribution in [0, 0.1) is 17.4 Å². The standard InChI is InChI=1S/C9H6NO2/c1-12-9(11)8-4-2-3-7(5-8)6-10/h3-5H,1H3. The number of ether oxygens (including phenoxy) is 1. The van der Waals surface area contributed by atoms with Crippen LogP contribution in [0.15, 0.2) is 18.2 Å². The summed E-state index contributed by atoms with van der Waals surface area (Å²) in [6.45, 7) is 0. The summed E-state index contributed by atoms with van der Waals surface area (Å²) in [5.41, 5.74) is 0.745. The molecule has 1 aromatic carbocycles. The van der Waals surface area contributed by atoms with Crippen molar-refractivity contribution in [3.05, 3.63) is 35.4 Å². The summed E-state index contributed by atoms with van der Waals surface area (Å²) in [5.74, 6) is -0.455. The lowest BCUT2D eigenvalue weighted by atomic mass is 10.1. The molecular formula is C9H6NO2. The molecule has 0 aliphatic rings. The van der Waals surface area contributed by atoms with Gasteiger partial charge in [0.05, 0.1) is 24.3 Å². The van der Waals surface area contributed by atoms with Gasteiger partial charge in [-0.25, -0.2) is 4.79 Å². The molecule has 0 saturated heterocycles. The molecule has 1 aromatic rings. The van der Waals surface area contributed by atoms with Gasteiger partial charge in [0.1, 0.15) is 0 Å². The van der Waals surface area contributed by atoms with Crippen LogP contribution in [0.3, 0.4) is 0 Å². The SMILES string of the molecule is COC(=O)c1c[c]cc(C#N)c1. The van der Waals surface area contributed by atoms with E-state index in [0.717, 1.165) is 0 Å². The van der Waals surface area contributed by atoms with Crippen molar-refractivity contribution in [1.29, 1.82) is 5.26 Å². The molecule has 0 aliphatic heterocycles. The second kappa shape index (κ2) is 3.54. The van der Waals surface area contributed by atoms with Gasteiger partial charge in [0.25, 0.3) is 0 Å². The molecule has 3 nitrogen and oxygen atoms in total. The van der Waals surface area contributed by atoms with Crippen LogP contribution in [0.2, 0.25) is 0 Å². The van der Waals surface area contributed by atoms with Crippen LogP contribution in [-0.4, -0.2) is 13.1 Å². The molecule has 0 unspecified atom stereocenters. The summed E-state index contributed by atoms with van der Waals surface area (Å²) in [6, 6.07) is 9.03. The Kier molecular flexibility index (Phi) is 2.44. The Bertz CT molecular complexity index is 339. The molecule has 0 atom stereocenters. The zero-order chi connectivity index (χ0) is 8.97. The molecule has 59 valence electrons. The number of hydrogen-bond acceptors (Lipinski definition) is 3. The molecule has 1 radical (unpaired) electrons. The Balaban J connectivity index is 3.04. The molecule has 3 heteroatoms. The van der Waals surface area contributed by atoms with Crippen molar-refractivity contribution < 1.29 is 9.53 Å². The van der Waals surface area contributed by atoms with Crippen LogP contribution in [-0.2, 0) is 4.74 Å². The maximum atomic E-state index is 10.9. The van der Waals surface area contributed by atoms with Gasteiger partial charge in [-0.2, -0.15) is 5.26 Å². The van der Waals surface area contributed by atoms with Crippen LogP contribution < -0.4 is 0 Å². The van der Waals surface area contributed by atoms with E-state index in [2.05, 4.69) is 10.8 Å². The molecule has 1 rings (SSSR count). The van der Waals surface area contributed by atoms with E-state index >= 15 is 0 Å². The van der Waals surface area contributed by atoms with Crippen molar-refractivity contribution in [2.75, 3.05) is 7.11 Å². The Hall–Kier alpha value is -1.82. The Morgan fingerprint density at radius 2 is 2.42 bits per heavy atom. The molecular weight excluding hydrogens is 154 g/mol. The highest BCUT2D eigenvalue weighted by molar-refractivity contribution is 5.89. The lowest BCUT2D eigenvalue weighted by Crippen LogP contribution is -2.00. The number of carbonyl (C=O) groups excluding carboxylic acids is 1. The molecule has 0 N–H and O–H groups in total. The maximum Gasteiger partial charge on any atom is 0.337 e. The van der Waals surface area contributed by atoms with E-state index in [1.807, 2.05) is 6.07 Å². The molecule has 0 saturated carbocycles.